The lowest BCUT2D eigenvalue weighted by Gasteiger charge is -2.11. The molecule has 0 atom stereocenters. The number of ether oxygens (including phenoxy) is 3. The number of nitrogens with one attached hydrogen (secondary N) is 1. The van der Waals surface area contributed by atoms with Gasteiger partial charge in [-0.1, -0.05) is 12.1 Å². The molecule has 2 aromatic carbocycles. The number of aryl methyl sites for hydroxylation is 1. The van der Waals surface area contributed by atoms with Gasteiger partial charge in [0.15, 0.2) is 11.5 Å². The average Bonchev–Trinajstić information content (AvgIpc) is 2.89. The normalized spacial score (nSPS) is 10.7. The molecule has 2 heterocycles. The lowest BCUT2D eigenvalue weighted by molar-refractivity contribution is -0.116. The van der Waals surface area contributed by atoms with E-state index in [9.17, 15) is 9.59 Å². The highest BCUT2D eigenvalue weighted by atomic mass is 16.5. The zero-order valence-electron chi connectivity index (χ0n) is 19.6. The number of hydrogen-bond donors (Lipinski definition) is 1. The fourth-order valence-electron chi connectivity index (χ4n) is 3.58. The molecular weight excluding hydrogens is 448 g/mol. The molecule has 9 heteroatoms. The van der Waals surface area contributed by atoms with E-state index in [2.05, 4.69) is 15.3 Å². The largest absolute Gasteiger partial charge is 0.493 e. The number of amides is 1. The number of aromatic nitrogens is 3. The van der Waals surface area contributed by atoms with Gasteiger partial charge in [0.2, 0.25) is 5.91 Å². The Kier molecular flexibility index (Phi) is 7.57. The van der Waals surface area contributed by atoms with Gasteiger partial charge in [0, 0.05) is 37.0 Å². The van der Waals surface area contributed by atoms with E-state index in [-0.39, 0.29) is 17.9 Å². The van der Waals surface area contributed by atoms with Gasteiger partial charge in [0.1, 0.15) is 12.4 Å². The number of carbonyl (C=O) groups excluding carboxylic acids is 1. The molecule has 0 spiro atoms. The van der Waals surface area contributed by atoms with Gasteiger partial charge in [0.05, 0.1) is 37.1 Å². The Morgan fingerprint density at radius 2 is 1.83 bits per heavy atom. The van der Waals surface area contributed by atoms with E-state index in [4.69, 9.17) is 14.2 Å². The van der Waals surface area contributed by atoms with Gasteiger partial charge in [-0.2, -0.15) is 0 Å². The number of benzene rings is 2. The van der Waals surface area contributed by atoms with Gasteiger partial charge in [-0.3, -0.25) is 19.1 Å². The molecule has 0 aliphatic carbocycles. The molecule has 4 aromatic rings. The molecule has 0 saturated heterocycles. The van der Waals surface area contributed by atoms with Crippen LogP contribution >= 0.6 is 0 Å². The second kappa shape index (κ2) is 11.1. The molecule has 0 fully saturated rings. The molecule has 35 heavy (non-hydrogen) atoms. The van der Waals surface area contributed by atoms with Crippen LogP contribution in [-0.4, -0.2) is 34.7 Å². The monoisotopic (exact) mass is 474 g/mol. The Morgan fingerprint density at radius 3 is 2.60 bits per heavy atom. The van der Waals surface area contributed by atoms with Gasteiger partial charge in [-0.15, -0.1) is 0 Å². The van der Waals surface area contributed by atoms with Crippen LogP contribution in [0, 0.1) is 0 Å². The van der Waals surface area contributed by atoms with Crippen molar-refractivity contribution in [3.05, 3.63) is 83.2 Å². The van der Waals surface area contributed by atoms with Gasteiger partial charge in [0.25, 0.3) is 5.56 Å². The topological polar surface area (TPSA) is 105 Å². The fraction of sp³-hybridized carbons (Fsp3) is 0.231. The highest BCUT2D eigenvalue weighted by Gasteiger charge is 2.11. The number of rotatable bonds is 10. The van der Waals surface area contributed by atoms with Crippen LogP contribution in [0.15, 0.2) is 71.9 Å². The van der Waals surface area contributed by atoms with Gasteiger partial charge < -0.3 is 19.5 Å². The summed E-state index contributed by atoms with van der Waals surface area (Å²) in [7, 11) is 3.04. The first-order chi connectivity index (χ1) is 17.1. The summed E-state index contributed by atoms with van der Waals surface area (Å²) in [5.74, 6) is 1.45. The van der Waals surface area contributed by atoms with E-state index in [1.165, 1.54) is 25.1 Å². The van der Waals surface area contributed by atoms with Crippen LogP contribution in [0.2, 0.25) is 0 Å². The van der Waals surface area contributed by atoms with Crippen molar-refractivity contribution in [2.45, 2.75) is 26.0 Å². The van der Waals surface area contributed by atoms with E-state index in [0.29, 0.717) is 53.4 Å². The summed E-state index contributed by atoms with van der Waals surface area (Å²) < 4.78 is 17.8. The highest BCUT2D eigenvalue weighted by molar-refractivity contribution is 5.90. The van der Waals surface area contributed by atoms with Crippen molar-refractivity contribution in [1.29, 1.82) is 0 Å². The van der Waals surface area contributed by atoms with E-state index in [0.717, 1.165) is 5.69 Å². The molecule has 0 aliphatic heterocycles. The highest BCUT2D eigenvalue weighted by Crippen LogP contribution is 2.29. The summed E-state index contributed by atoms with van der Waals surface area (Å²) in [5, 5.41) is 3.30. The predicted molar refractivity (Wildman–Crippen MR) is 132 cm³/mol. The number of fused-ring (bicyclic) bond motifs is 1. The number of hydrogen-bond acceptors (Lipinski definition) is 7. The van der Waals surface area contributed by atoms with Crippen molar-refractivity contribution in [1.82, 2.24) is 14.5 Å². The third-order valence-electron chi connectivity index (χ3n) is 5.36. The van der Waals surface area contributed by atoms with Crippen molar-refractivity contribution in [3.63, 3.8) is 0 Å². The van der Waals surface area contributed by atoms with Crippen LogP contribution in [0.25, 0.3) is 10.9 Å². The minimum absolute atomic E-state index is 0.153. The zero-order valence-corrected chi connectivity index (χ0v) is 19.6. The van der Waals surface area contributed by atoms with E-state index >= 15 is 0 Å². The molecule has 0 radical (unpaired) electrons. The summed E-state index contributed by atoms with van der Waals surface area (Å²) in [5.41, 5.74) is 1.78. The first kappa shape index (κ1) is 23.7. The van der Waals surface area contributed by atoms with Crippen molar-refractivity contribution < 1.29 is 19.0 Å². The fourth-order valence-corrected chi connectivity index (χ4v) is 3.58. The minimum atomic E-state index is -0.200. The first-order valence-corrected chi connectivity index (χ1v) is 11.1. The van der Waals surface area contributed by atoms with Gasteiger partial charge >= 0.3 is 0 Å². The van der Waals surface area contributed by atoms with Crippen molar-refractivity contribution in [3.8, 4) is 17.2 Å². The lowest BCUT2D eigenvalue weighted by Crippen LogP contribution is -2.22. The Bertz CT molecular complexity index is 1370. The summed E-state index contributed by atoms with van der Waals surface area (Å²) in [4.78, 5) is 33.9. The summed E-state index contributed by atoms with van der Waals surface area (Å²) >= 11 is 0. The number of pyridine rings is 1. The van der Waals surface area contributed by atoms with Crippen molar-refractivity contribution >= 4 is 22.5 Å². The standard InChI is InChI=1S/C26H26N4O5/c1-33-23-14-21-22(15-24(23)34-2)28-17-30(26(21)32)12-6-10-25(31)29-18-8-5-9-20(13-18)35-16-19-7-3-4-11-27-19/h3-5,7-9,11,13-15,17H,6,10,12,16H2,1-2H3,(H,29,31). The maximum atomic E-state index is 12.9. The molecule has 0 bridgehead atoms. The van der Waals surface area contributed by atoms with Crippen molar-refractivity contribution in [2.75, 3.05) is 19.5 Å². The molecule has 4 rings (SSSR count). The van der Waals surface area contributed by atoms with Gasteiger partial charge in [-0.05, 0) is 36.8 Å². The third kappa shape index (κ3) is 5.94. The van der Waals surface area contributed by atoms with E-state index < -0.39 is 0 Å². The van der Waals surface area contributed by atoms with Crippen LogP contribution in [0.4, 0.5) is 5.69 Å². The Hall–Kier alpha value is -4.40. The molecule has 1 amide bonds. The number of methoxy groups -OCH3 is 2. The summed E-state index contributed by atoms with van der Waals surface area (Å²) in [6, 6.07) is 16.1. The van der Waals surface area contributed by atoms with Crippen LogP contribution < -0.4 is 25.1 Å². The minimum Gasteiger partial charge on any atom is -0.493 e. The van der Waals surface area contributed by atoms with Crippen LogP contribution in [-0.2, 0) is 17.9 Å². The molecule has 2 aromatic heterocycles. The Labute approximate surface area is 202 Å². The predicted octanol–water partition coefficient (Wildman–Crippen LogP) is 3.81. The van der Waals surface area contributed by atoms with Crippen LogP contribution in [0.1, 0.15) is 18.5 Å². The molecule has 180 valence electrons. The zero-order chi connectivity index (χ0) is 24.6. The lowest BCUT2D eigenvalue weighted by atomic mass is 10.2. The quantitative estimate of drug-likeness (QED) is 0.373. The van der Waals surface area contributed by atoms with Crippen LogP contribution in [0.5, 0.6) is 17.2 Å². The van der Waals surface area contributed by atoms with Crippen LogP contribution in [0.3, 0.4) is 0 Å². The number of carbonyl (C=O) groups is 1. The molecular formula is C26H26N4O5. The molecule has 0 unspecified atom stereocenters. The SMILES string of the molecule is COc1cc2ncn(CCCC(=O)Nc3cccc(OCc4ccccn4)c3)c(=O)c2cc1OC. The number of nitrogens with zero attached hydrogens (tertiary/aromatic N) is 3. The second-order valence-electron chi connectivity index (χ2n) is 7.76. The Morgan fingerprint density at radius 1 is 1.00 bits per heavy atom. The third-order valence-corrected chi connectivity index (χ3v) is 5.36. The van der Waals surface area contributed by atoms with E-state index in [1.807, 2.05) is 30.3 Å². The second-order valence-corrected chi connectivity index (χ2v) is 7.76. The smallest absolute Gasteiger partial charge is 0.261 e. The Balaban J connectivity index is 1.33. The summed E-state index contributed by atoms with van der Waals surface area (Å²) in [6.07, 6.45) is 3.92. The number of anilines is 1. The molecule has 9 nitrogen and oxygen atoms in total. The average molecular weight is 475 g/mol. The molecule has 0 aliphatic rings. The first-order valence-electron chi connectivity index (χ1n) is 11.1. The summed E-state index contributed by atoms with van der Waals surface area (Å²) in [6.45, 7) is 0.697. The van der Waals surface area contributed by atoms with E-state index in [1.54, 1.807) is 30.5 Å². The molecule has 1 N–H and O–H groups in total. The molecule has 0 saturated carbocycles. The maximum Gasteiger partial charge on any atom is 0.261 e. The van der Waals surface area contributed by atoms with Crippen molar-refractivity contribution in [2.24, 2.45) is 0 Å². The maximum absolute atomic E-state index is 12.9. The van der Waals surface area contributed by atoms with Gasteiger partial charge in [-0.25, -0.2) is 4.98 Å².